The Bertz CT molecular complexity index is 1070. The zero-order valence-electron chi connectivity index (χ0n) is 19.8. The van der Waals surface area contributed by atoms with Crippen molar-refractivity contribution in [2.75, 3.05) is 19.8 Å². The van der Waals surface area contributed by atoms with E-state index in [1.807, 2.05) is 69.3 Å². The largest absolute Gasteiger partial charge is 0.490 e. The Balaban J connectivity index is 1.50. The number of carbonyl (C=O) groups is 3. The number of urea groups is 1. The number of ether oxygens (including phenoxy) is 2. The van der Waals surface area contributed by atoms with E-state index in [1.165, 1.54) is 0 Å². The van der Waals surface area contributed by atoms with Gasteiger partial charge in [-0.2, -0.15) is 0 Å². The lowest BCUT2D eigenvalue weighted by Gasteiger charge is -2.26. The van der Waals surface area contributed by atoms with Gasteiger partial charge in [-0.15, -0.1) is 0 Å². The Morgan fingerprint density at radius 3 is 2.47 bits per heavy atom. The maximum absolute atomic E-state index is 13.3. The molecule has 8 nitrogen and oxygen atoms in total. The number of hydrogen-bond acceptors (Lipinski definition) is 5. The first-order chi connectivity index (χ1) is 16.4. The van der Waals surface area contributed by atoms with Gasteiger partial charge in [-0.25, -0.2) is 4.79 Å². The molecule has 2 aromatic rings. The molecule has 2 aliphatic heterocycles. The Morgan fingerprint density at radius 1 is 1.09 bits per heavy atom. The minimum absolute atomic E-state index is 0.0656. The predicted molar refractivity (Wildman–Crippen MR) is 126 cm³/mol. The maximum atomic E-state index is 13.3. The van der Waals surface area contributed by atoms with Crippen LogP contribution in [0.2, 0.25) is 0 Å². The van der Waals surface area contributed by atoms with Gasteiger partial charge in [-0.05, 0) is 35.6 Å². The zero-order valence-corrected chi connectivity index (χ0v) is 19.8. The summed E-state index contributed by atoms with van der Waals surface area (Å²) >= 11 is 0. The van der Waals surface area contributed by atoms with Crippen LogP contribution in [0.3, 0.4) is 0 Å². The molecule has 34 heavy (non-hydrogen) atoms. The molecule has 0 aromatic heterocycles. The van der Waals surface area contributed by atoms with Crippen molar-refractivity contribution >= 4 is 17.8 Å². The summed E-state index contributed by atoms with van der Waals surface area (Å²) in [6.45, 7) is 6.66. The molecular weight excluding hydrogens is 434 g/mol. The number of fused-ring (bicyclic) bond motifs is 1. The second-order valence-electron chi connectivity index (χ2n) is 8.99. The Labute approximate surface area is 199 Å². The van der Waals surface area contributed by atoms with Crippen molar-refractivity contribution in [1.82, 2.24) is 15.5 Å². The van der Waals surface area contributed by atoms with Gasteiger partial charge in [0.1, 0.15) is 12.1 Å². The Hall–Kier alpha value is -3.55. The number of imide groups is 1. The van der Waals surface area contributed by atoms with Crippen molar-refractivity contribution in [2.24, 2.45) is 5.92 Å². The molecule has 2 aliphatic rings. The molecule has 2 heterocycles. The van der Waals surface area contributed by atoms with E-state index in [9.17, 15) is 14.4 Å². The van der Waals surface area contributed by atoms with Crippen LogP contribution in [0.25, 0.3) is 0 Å². The molecule has 0 bridgehead atoms. The summed E-state index contributed by atoms with van der Waals surface area (Å²) in [5.74, 6) is 0.578. The lowest BCUT2D eigenvalue weighted by atomic mass is 9.87. The monoisotopic (exact) mass is 465 g/mol. The average molecular weight is 466 g/mol. The summed E-state index contributed by atoms with van der Waals surface area (Å²) in [6, 6.07) is 13.9. The predicted octanol–water partition coefficient (Wildman–Crippen LogP) is 3.52. The van der Waals surface area contributed by atoms with Crippen LogP contribution < -0.4 is 20.1 Å². The summed E-state index contributed by atoms with van der Waals surface area (Å²) in [7, 11) is 0. The second kappa shape index (κ2) is 9.75. The number of nitrogens with zero attached hydrogens (tertiary/aromatic N) is 1. The van der Waals surface area contributed by atoms with E-state index in [-0.39, 0.29) is 18.5 Å². The first-order valence-electron chi connectivity index (χ1n) is 11.7. The highest BCUT2D eigenvalue weighted by Crippen LogP contribution is 2.35. The number of rotatable bonds is 7. The molecule has 2 N–H and O–H groups in total. The van der Waals surface area contributed by atoms with E-state index < -0.39 is 23.4 Å². The van der Waals surface area contributed by atoms with Gasteiger partial charge < -0.3 is 20.1 Å². The molecule has 0 saturated carbocycles. The van der Waals surface area contributed by atoms with Crippen molar-refractivity contribution in [3.8, 4) is 11.5 Å². The van der Waals surface area contributed by atoms with E-state index >= 15 is 0 Å². The summed E-state index contributed by atoms with van der Waals surface area (Å²) in [5.41, 5.74) is 0.410. The quantitative estimate of drug-likeness (QED) is 0.610. The van der Waals surface area contributed by atoms with Crippen LogP contribution in [0.1, 0.15) is 50.8 Å². The van der Waals surface area contributed by atoms with Gasteiger partial charge in [0.25, 0.3) is 5.91 Å². The SMILES string of the molecule is CC[C@@]1(c2ccccc2)NC(=O)N(CC(=O)N[C@@H](c2ccc3c(c2)OCCCO3)C(C)C)C1=O. The second-order valence-corrected chi connectivity index (χ2v) is 8.99. The van der Waals surface area contributed by atoms with E-state index in [1.54, 1.807) is 0 Å². The first-order valence-corrected chi connectivity index (χ1v) is 11.7. The van der Waals surface area contributed by atoms with Crippen molar-refractivity contribution in [2.45, 2.75) is 45.2 Å². The summed E-state index contributed by atoms with van der Waals surface area (Å²) in [5, 5.41) is 5.81. The van der Waals surface area contributed by atoms with E-state index in [0.29, 0.717) is 36.7 Å². The van der Waals surface area contributed by atoms with Gasteiger partial charge in [0.05, 0.1) is 19.3 Å². The van der Waals surface area contributed by atoms with Gasteiger partial charge in [-0.1, -0.05) is 57.2 Å². The lowest BCUT2D eigenvalue weighted by molar-refractivity contribution is -0.135. The van der Waals surface area contributed by atoms with Crippen molar-refractivity contribution < 1.29 is 23.9 Å². The van der Waals surface area contributed by atoms with Crippen molar-refractivity contribution in [1.29, 1.82) is 0 Å². The number of benzene rings is 2. The number of nitrogens with one attached hydrogen (secondary N) is 2. The van der Waals surface area contributed by atoms with Gasteiger partial charge in [-0.3, -0.25) is 14.5 Å². The molecule has 0 unspecified atom stereocenters. The van der Waals surface area contributed by atoms with Crippen LogP contribution in [-0.2, 0) is 15.1 Å². The molecule has 4 rings (SSSR count). The molecule has 0 aliphatic carbocycles. The summed E-state index contributed by atoms with van der Waals surface area (Å²) in [6.07, 6.45) is 1.19. The minimum atomic E-state index is -1.16. The average Bonchev–Trinajstić information content (AvgIpc) is 2.98. The van der Waals surface area contributed by atoms with Gasteiger partial charge in [0.15, 0.2) is 11.5 Å². The summed E-state index contributed by atoms with van der Waals surface area (Å²) < 4.78 is 11.5. The molecule has 0 spiro atoms. The summed E-state index contributed by atoms with van der Waals surface area (Å²) in [4.78, 5) is 40.1. The fourth-order valence-corrected chi connectivity index (χ4v) is 4.50. The fourth-order valence-electron chi connectivity index (χ4n) is 4.50. The smallest absolute Gasteiger partial charge is 0.325 e. The van der Waals surface area contributed by atoms with Gasteiger partial charge in [0.2, 0.25) is 5.91 Å². The highest BCUT2D eigenvalue weighted by Gasteiger charge is 2.51. The standard InChI is InChI=1S/C26H31N3O5/c1-4-26(19-9-6-5-7-10-19)24(31)29(25(32)28-26)16-22(30)27-23(17(2)3)18-11-12-20-21(15-18)34-14-8-13-33-20/h5-7,9-12,15,17,23H,4,8,13-14,16H2,1-3H3,(H,27,30)(H,28,32)/t23-,26+/m1/s1. The third kappa shape index (κ3) is 4.44. The maximum Gasteiger partial charge on any atom is 0.325 e. The third-order valence-corrected chi connectivity index (χ3v) is 6.39. The fraction of sp³-hybridized carbons (Fsp3) is 0.423. The molecule has 2 aromatic carbocycles. The van der Waals surface area contributed by atoms with E-state index in [2.05, 4.69) is 10.6 Å². The molecule has 1 saturated heterocycles. The Morgan fingerprint density at radius 2 is 1.79 bits per heavy atom. The van der Waals surface area contributed by atoms with Crippen molar-refractivity contribution in [3.05, 3.63) is 59.7 Å². The lowest BCUT2D eigenvalue weighted by Crippen LogP contribution is -2.45. The topological polar surface area (TPSA) is 97.0 Å². The highest BCUT2D eigenvalue weighted by molar-refractivity contribution is 6.09. The Kier molecular flexibility index (Phi) is 6.77. The molecule has 4 amide bonds. The van der Waals surface area contributed by atoms with Crippen LogP contribution in [-0.4, -0.2) is 42.5 Å². The highest BCUT2D eigenvalue weighted by atomic mass is 16.5. The van der Waals surface area contributed by atoms with Crippen LogP contribution in [0, 0.1) is 5.92 Å². The van der Waals surface area contributed by atoms with Crippen LogP contribution >= 0.6 is 0 Å². The first kappa shape index (κ1) is 23.6. The molecular formula is C26H31N3O5. The molecule has 0 radical (unpaired) electrons. The van der Waals surface area contributed by atoms with Crippen LogP contribution in [0.4, 0.5) is 4.79 Å². The number of amides is 4. The molecule has 8 heteroatoms. The van der Waals surface area contributed by atoms with E-state index in [0.717, 1.165) is 16.9 Å². The molecule has 180 valence electrons. The number of hydrogen-bond donors (Lipinski definition) is 2. The molecule has 2 atom stereocenters. The van der Waals surface area contributed by atoms with Gasteiger partial charge >= 0.3 is 6.03 Å². The zero-order chi connectivity index (χ0) is 24.3. The minimum Gasteiger partial charge on any atom is -0.490 e. The van der Waals surface area contributed by atoms with Crippen molar-refractivity contribution in [3.63, 3.8) is 0 Å². The normalized spacial score (nSPS) is 20.6. The van der Waals surface area contributed by atoms with Crippen LogP contribution in [0.15, 0.2) is 48.5 Å². The van der Waals surface area contributed by atoms with E-state index in [4.69, 9.17) is 9.47 Å². The van der Waals surface area contributed by atoms with Crippen LogP contribution in [0.5, 0.6) is 11.5 Å². The number of carbonyl (C=O) groups excluding carboxylic acids is 3. The third-order valence-electron chi connectivity index (χ3n) is 6.39. The van der Waals surface area contributed by atoms with Gasteiger partial charge in [0, 0.05) is 6.42 Å². The molecule has 1 fully saturated rings.